The van der Waals surface area contributed by atoms with E-state index >= 15 is 0 Å². The maximum absolute atomic E-state index is 14.8. The van der Waals surface area contributed by atoms with Crippen molar-refractivity contribution in [1.82, 2.24) is 9.80 Å². The first-order valence-corrected chi connectivity index (χ1v) is 7.28. The highest BCUT2D eigenvalue weighted by molar-refractivity contribution is 6.02. The van der Waals surface area contributed by atoms with Gasteiger partial charge in [0.15, 0.2) is 0 Å². The second kappa shape index (κ2) is 5.66. The number of rotatable bonds is 3. The predicted octanol–water partition coefficient (Wildman–Crippen LogP) is 3.44. The summed E-state index contributed by atoms with van der Waals surface area (Å²) in [5, 5.41) is 0. The van der Waals surface area contributed by atoms with Gasteiger partial charge in [-0.05, 0) is 33.3 Å². The van der Waals surface area contributed by atoms with Gasteiger partial charge in [-0.2, -0.15) is 8.78 Å². The van der Waals surface area contributed by atoms with E-state index in [1.807, 2.05) is 0 Å². The van der Waals surface area contributed by atoms with Crippen LogP contribution in [0.15, 0.2) is 30.3 Å². The van der Waals surface area contributed by atoms with Crippen LogP contribution in [0.3, 0.4) is 0 Å². The summed E-state index contributed by atoms with van der Waals surface area (Å²) in [6, 6.07) is 4.63. The third-order valence-corrected chi connectivity index (χ3v) is 3.74. The lowest BCUT2D eigenvalue weighted by molar-refractivity contribution is -0.176. The van der Waals surface area contributed by atoms with Gasteiger partial charge in [-0.3, -0.25) is 9.69 Å². The zero-order chi connectivity index (χ0) is 16.7. The number of alkyl halides is 2. The summed E-state index contributed by atoms with van der Waals surface area (Å²) in [6.07, 6.45) is 0. The smallest absolute Gasteiger partial charge is 0.308 e. The number of hydrogen-bond acceptors (Lipinski definition) is 2. The van der Waals surface area contributed by atoms with Gasteiger partial charge in [-0.25, -0.2) is 4.79 Å². The quantitative estimate of drug-likeness (QED) is 0.858. The van der Waals surface area contributed by atoms with Gasteiger partial charge >= 0.3 is 17.9 Å². The molecule has 120 valence electrons. The SMILES string of the molecule is CC(C)N1C(=O)N(C(C)C)C(c2ccccc2)C(F)(F)C1=O. The van der Waals surface area contributed by atoms with E-state index in [0.29, 0.717) is 4.90 Å². The fourth-order valence-electron chi connectivity index (χ4n) is 2.75. The maximum atomic E-state index is 14.8. The molecule has 0 aromatic heterocycles. The molecule has 1 aliphatic rings. The third-order valence-electron chi connectivity index (χ3n) is 3.74. The van der Waals surface area contributed by atoms with E-state index in [4.69, 9.17) is 0 Å². The minimum atomic E-state index is -3.66. The summed E-state index contributed by atoms with van der Waals surface area (Å²) in [7, 11) is 0. The number of carbonyl (C=O) groups is 2. The van der Waals surface area contributed by atoms with E-state index in [2.05, 4.69) is 0 Å². The van der Waals surface area contributed by atoms with Crippen molar-refractivity contribution < 1.29 is 18.4 Å². The molecule has 1 saturated heterocycles. The molecule has 1 aromatic carbocycles. The lowest BCUT2D eigenvalue weighted by Gasteiger charge is -2.47. The lowest BCUT2D eigenvalue weighted by Crippen LogP contribution is -2.66. The van der Waals surface area contributed by atoms with Gasteiger partial charge in [-0.1, -0.05) is 30.3 Å². The first-order valence-electron chi connectivity index (χ1n) is 7.28. The number of nitrogens with zero attached hydrogens (tertiary/aromatic N) is 2. The molecule has 0 saturated carbocycles. The van der Waals surface area contributed by atoms with Crippen molar-refractivity contribution in [3.63, 3.8) is 0 Å². The molecule has 6 heteroatoms. The average Bonchev–Trinajstić information content (AvgIpc) is 2.43. The Labute approximate surface area is 128 Å². The minimum Gasteiger partial charge on any atom is -0.308 e. The number of halogens is 2. The molecule has 1 aromatic rings. The van der Waals surface area contributed by atoms with Crippen LogP contribution in [-0.4, -0.2) is 39.7 Å². The van der Waals surface area contributed by atoms with Crippen molar-refractivity contribution in [2.75, 3.05) is 0 Å². The van der Waals surface area contributed by atoms with E-state index in [-0.39, 0.29) is 5.56 Å². The van der Waals surface area contributed by atoms with Gasteiger partial charge < -0.3 is 4.90 Å². The molecule has 1 heterocycles. The van der Waals surface area contributed by atoms with Gasteiger partial charge in [0, 0.05) is 12.1 Å². The Hall–Kier alpha value is -1.98. The largest absolute Gasteiger partial charge is 0.349 e. The fourth-order valence-corrected chi connectivity index (χ4v) is 2.75. The number of imide groups is 1. The number of urea groups is 1. The van der Waals surface area contributed by atoms with E-state index in [1.165, 1.54) is 12.1 Å². The van der Waals surface area contributed by atoms with Crippen LogP contribution >= 0.6 is 0 Å². The molecular formula is C16H20F2N2O2. The highest BCUT2D eigenvalue weighted by Crippen LogP contribution is 2.43. The highest BCUT2D eigenvalue weighted by Gasteiger charge is 2.60. The molecule has 0 N–H and O–H groups in total. The number of hydrogen-bond donors (Lipinski definition) is 0. The Kier molecular flexibility index (Phi) is 4.22. The molecule has 0 radical (unpaired) electrons. The van der Waals surface area contributed by atoms with E-state index in [9.17, 15) is 18.4 Å². The van der Waals surface area contributed by atoms with Crippen molar-refractivity contribution in [3.8, 4) is 0 Å². The third kappa shape index (κ3) is 2.46. The van der Waals surface area contributed by atoms with Crippen molar-refractivity contribution in [2.45, 2.75) is 51.7 Å². The fraction of sp³-hybridized carbons (Fsp3) is 0.500. The molecule has 2 rings (SSSR count). The summed E-state index contributed by atoms with van der Waals surface area (Å²) in [5.41, 5.74) is 0.256. The predicted molar refractivity (Wildman–Crippen MR) is 78.5 cm³/mol. The maximum Gasteiger partial charge on any atom is 0.349 e. The zero-order valence-electron chi connectivity index (χ0n) is 13.1. The van der Waals surface area contributed by atoms with Crippen LogP contribution in [0.4, 0.5) is 13.6 Å². The van der Waals surface area contributed by atoms with Crippen molar-refractivity contribution in [1.29, 1.82) is 0 Å². The summed E-state index contributed by atoms with van der Waals surface area (Å²) >= 11 is 0. The van der Waals surface area contributed by atoms with Gasteiger partial charge in [0.05, 0.1) is 0 Å². The molecule has 0 aliphatic carbocycles. The summed E-state index contributed by atoms with van der Waals surface area (Å²) in [4.78, 5) is 26.5. The van der Waals surface area contributed by atoms with E-state index in [1.54, 1.807) is 45.9 Å². The second-order valence-corrected chi connectivity index (χ2v) is 5.99. The molecular weight excluding hydrogens is 290 g/mol. The van der Waals surface area contributed by atoms with Crippen LogP contribution in [0.5, 0.6) is 0 Å². The topological polar surface area (TPSA) is 40.6 Å². The standard InChI is InChI=1S/C16H20F2N2O2/c1-10(2)19-13(12-8-6-5-7-9-12)16(17,18)14(21)20(11(3)4)15(19)22/h5-11,13H,1-4H3. The molecule has 3 amide bonds. The van der Waals surface area contributed by atoms with Crippen LogP contribution in [0.25, 0.3) is 0 Å². The summed E-state index contributed by atoms with van der Waals surface area (Å²) in [6.45, 7) is 6.43. The Morgan fingerprint density at radius 1 is 1.00 bits per heavy atom. The number of carbonyl (C=O) groups excluding carboxylic acids is 2. The molecule has 1 atom stereocenters. The monoisotopic (exact) mass is 310 g/mol. The second-order valence-electron chi connectivity index (χ2n) is 5.99. The highest BCUT2D eigenvalue weighted by atomic mass is 19.3. The number of amides is 3. The van der Waals surface area contributed by atoms with Crippen molar-refractivity contribution in [2.24, 2.45) is 0 Å². The van der Waals surface area contributed by atoms with E-state index < -0.39 is 36.0 Å². The van der Waals surface area contributed by atoms with E-state index in [0.717, 1.165) is 4.90 Å². The van der Waals surface area contributed by atoms with Crippen LogP contribution < -0.4 is 0 Å². The number of benzene rings is 1. The summed E-state index contributed by atoms with van der Waals surface area (Å²) in [5.74, 6) is -5.10. The van der Waals surface area contributed by atoms with Gasteiger partial charge in [0.25, 0.3) is 0 Å². The first kappa shape index (κ1) is 16.4. The Bertz CT molecular complexity index is 573. The van der Waals surface area contributed by atoms with Crippen LogP contribution in [0, 0.1) is 0 Å². The molecule has 0 spiro atoms. The Morgan fingerprint density at radius 2 is 1.55 bits per heavy atom. The molecule has 1 unspecified atom stereocenters. The Balaban J connectivity index is 2.60. The first-order chi connectivity index (χ1) is 10.2. The average molecular weight is 310 g/mol. The van der Waals surface area contributed by atoms with Crippen LogP contribution in [0.1, 0.15) is 39.3 Å². The van der Waals surface area contributed by atoms with Crippen molar-refractivity contribution in [3.05, 3.63) is 35.9 Å². The van der Waals surface area contributed by atoms with Gasteiger partial charge in [0.2, 0.25) is 0 Å². The minimum absolute atomic E-state index is 0.256. The lowest BCUT2D eigenvalue weighted by atomic mass is 9.94. The van der Waals surface area contributed by atoms with Gasteiger partial charge in [-0.15, -0.1) is 0 Å². The molecule has 1 fully saturated rings. The molecule has 0 bridgehead atoms. The summed E-state index contributed by atoms with van der Waals surface area (Å²) < 4.78 is 29.5. The van der Waals surface area contributed by atoms with Crippen LogP contribution in [0.2, 0.25) is 0 Å². The normalized spacial score (nSPS) is 21.9. The molecule has 4 nitrogen and oxygen atoms in total. The molecule has 1 aliphatic heterocycles. The van der Waals surface area contributed by atoms with Crippen LogP contribution in [-0.2, 0) is 4.79 Å². The van der Waals surface area contributed by atoms with Gasteiger partial charge in [0.1, 0.15) is 6.04 Å². The zero-order valence-corrected chi connectivity index (χ0v) is 13.1. The molecule has 22 heavy (non-hydrogen) atoms. The Morgan fingerprint density at radius 3 is 2.00 bits per heavy atom. The van der Waals surface area contributed by atoms with Crippen molar-refractivity contribution >= 4 is 11.9 Å².